The van der Waals surface area contributed by atoms with Gasteiger partial charge in [-0.25, -0.2) is 4.98 Å². The number of aliphatic hydroxyl groups excluding tert-OH is 1. The molecule has 1 amide bonds. The van der Waals surface area contributed by atoms with Gasteiger partial charge in [-0.1, -0.05) is 0 Å². The highest BCUT2D eigenvalue weighted by Gasteiger charge is 2.21. The highest BCUT2D eigenvalue weighted by atomic mass is 32.1. The van der Waals surface area contributed by atoms with E-state index in [1.807, 2.05) is 11.4 Å². The first-order chi connectivity index (χ1) is 10.7. The van der Waals surface area contributed by atoms with Crippen LogP contribution in [-0.2, 0) is 4.79 Å². The molecular weight excluding hydrogens is 302 g/mol. The highest BCUT2D eigenvalue weighted by molar-refractivity contribution is 7.14. The molecule has 2 N–H and O–H groups in total. The molecular formula is C15H19N3O3S. The number of carbonyl (C=O) groups excluding carboxylic acids is 1. The van der Waals surface area contributed by atoms with Gasteiger partial charge in [-0.3, -0.25) is 9.69 Å². The Labute approximate surface area is 132 Å². The van der Waals surface area contributed by atoms with Crippen molar-refractivity contribution < 1.29 is 14.3 Å². The number of aliphatic hydroxyl groups is 1. The first-order valence-corrected chi connectivity index (χ1v) is 8.25. The quantitative estimate of drug-likeness (QED) is 0.881. The normalized spacial score (nSPS) is 19.2. The van der Waals surface area contributed by atoms with E-state index in [2.05, 4.69) is 15.2 Å². The van der Waals surface area contributed by atoms with Gasteiger partial charge in [0.15, 0.2) is 10.9 Å². The van der Waals surface area contributed by atoms with E-state index in [1.54, 1.807) is 12.3 Å². The van der Waals surface area contributed by atoms with Crippen LogP contribution in [0.5, 0.6) is 0 Å². The first-order valence-electron chi connectivity index (χ1n) is 7.37. The largest absolute Gasteiger partial charge is 0.463 e. The minimum absolute atomic E-state index is 0.0704. The SMILES string of the molecule is O=C(CN1CCCC(CO)C1)Nc1nc(-c2ccco2)cs1. The first kappa shape index (κ1) is 15.2. The molecule has 0 saturated carbocycles. The Morgan fingerprint density at radius 2 is 2.50 bits per heavy atom. The number of nitrogens with zero attached hydrogens (tertiary/aromatic N) is 2. The molecule has 3 rings (SSSR count). The zero-order valence-corrected chi connectivity index (χ0v) is 13.0. The smallest absolute Gasteiger partial charge is 0.240 e. The predicted octanol–water partition coefficient (Wildman–Crippen LogP) is 2.05. The molecule has 0 bridgehead atoms. The number of thiazole rings is 1. The van der Waals surface area contributed by atoms with Gasteiger partial charge >= 0.3 is 0 Å². The van der Waals surface area contributed by atoms with Crippen LogP contribution >= 0.6 is 11.3 Å². The number of likely N-dealkylation sites (tertiary alicyclic amines) is 1. The Morgan fingerprint density at radius 3 is 3.27 bits per heavy atom. The van der Waals surface area contributed by atoms with E-state index in [0.717, 1.165) is 31.6 Å². The van der Waals surface area contributed by atoms with Crippen LogP contribution in [0.1, 0.15) is 12.8 Å². The van der Waals surface area contributed by atoms with Crippen LogP contribution in [0.4, 0.5) is 5.13 Å². The van der Waals surface area contributed by atoms with Crippen molar-refractivity contribution in [1.29, 1.82) is 0 Å². The number of piperidine rings is 1. The van der Waals surface area contributed by atoms with E-state index >= 15 is 0 Å². The lowest BCUT2D eigenvalue weighted by atomic mass is 9.99. The summed E-state index contributed by atoms with van der Waals surface area (Å²) in [7, 11) is 0. The Hall–Kier alpha value is -1.70. The number of hydrogen-bond acceptors (Lipinski definition) is 6. The molecule has 2 aromatic rings. The van der Waals surface area contributed by atoms with Gasteiger partial charge in [0.05, 0.1) is 12.8 Å². The van der Waals surface area contributed by atoms with Crippen LogP contribution in [0.25, 0.3) is 11.5 Å². The number of hydrogen-bond donors (Lipinski definition) is 2. The summed E-state index contributed by atoms with van der Waals surface area (Å²) in [5.74, 6) is 0.907. The third kappa shape index (κ3) is 3.73. The van der Waals surface area contributed by atoms with Crippen LogP contribution < -0.4 is 5.32 Å². The van der Waals surface area contributed by atoms with Crippen LogP contribution in [0.2, 0.25) is 0 Å². The summed E-state index contributed by atoms with van der Waals surface area (Å²) >= 11 is 1.38. The minimum Gasteiger partial charge on any atom is -0.463 e. The van der Waals surface area contributed by atoms with E-state index in [1.165, 1.54) is 11.3 Å². The van der Waals surface area contributed by atoms with Gasteiger partial charge in [0, 0.05) is 18.5 Å². The molecule has 0 aromatic carbocycles. The Morgan fingerprint density at radius 1 is 1.59 bits per heavy atom. The standard InChI is InChI=1S/C15H19N3O3S/c19-9-11-3-1-5-18(7-11)8-14(20)17-15-16-12(10-22-15)13-4-2-6-21-13/h2,4,6,10-11,19H,1,3,5,7-9H2,(H,16,17,20). The molecule has 7 heteroatoms. The average Bonchev–Trinajstić information content (AvgIpc) is 3.18. The second kappa shape index (κ2) is 7.04. The maximum Gasteiger partial charge on any atom is 0.240 e. The molecule has 0 aliphatic carbocycles. The molecule has 0 spiro atoms. The fraction of sp³-hybridized carbons (Fsp3) is 0.467. The number of amides is 1. The Bertz CT molecular complexity index is 611. The predicted molar refractivity (Wildman–Crippen MR) is 84.7 cm³/mol. The van der Waals surface area contributed by atoms with Gasteiger partial charge in [0.1, 0.15) is 5.69 Å². The van der Waals surface area contributed by atoms with Crippen molar-refractivity contribution in [3.63, 3.8) is 0 Å². The van der Waals surface area contributed by atoms with Crippen LogP contribution in [0.3, 0.4) is 0 Å². The van der Waals surface area contributed by atoms with Crippen molar-refractivity contribution in [2.75, 3.05) is 31.6 Å². The fourth-order valence-corrected chi connectivity index (χ4v) is 3.39. The molecule has 0 radical (unpaired) electrons. The summed E-state index contributed by atoms with van der Waals surface area (Å²) in [6, 6.07) is 3.64. The molecule has 118 valence electrons. The second-order valence-electron chi connectivity index (χ2n) is 5.49. The van der Waals surface area contributed by atoms with Gasteiger partial charge < -0.3 is 14.8 Å². The van der Waals surface area contributed by atoms with E-state index < -0.39 is 0 Å². The monoisotopic (exact) mass is 321 g/mol. The molecule has 3 heterocycles. The van der Waals surface area contributed by atoms with Crippen molar-refractivity contribution >= 4 is 22.4 Å². The molecule has 2 aromatic heterocycles. The molecule has 1 aliphatic heterocycles. The fourth-order valence-electron chi connectivity index (χ4n) is 2.67. The topological polar surface area (TPSA) is 78.6 Å². The van der Waals surface area contributed by atoms with Crippen molar-refractivity contribution in [3.05, 3.63) is 23.8 Å². The lowest BCUT2D eigenvalue weighted by Gasteiger charge is -2.30. The molecule has 22 heavy (non-hydrogen) atoms. The number of aromatic nitrogens is 1. The molecule has 1 atom stereocenters. The second-order valence-corrected chi connectivity index (χ2v) is 6.35. The summed E-state index contributed by atoms with van der Waals surface area (Å²) in [6.07, 6.45) is 3.66. The van der Waals surface area contributed by atoms with Gasteiger partial charge in [-0.2, -0.15) is 0 Å². The van der Waals surface area contributed by atoms with Crippen LogP contribution in [-0.4, -0.2) is 47.1 Å². The molecule has 6 nitrogen and oxygen atoms in total. The van der Waals surface area contributed by atoms with Gasteiger partial charge in [-0.05, 0) is 37.4 Å². The molecule has 1 aliphatic rings. The summed E-state index contributed by atoms with van der Waals surface area (Å²) in [4.78, 5) is 18.5. The van der Waals surface area contributed by atoms with E-state index in [0.29, 0.717) is 17.4 Å². The number of carbonyl (C=O) groups is 1. The van der Waals surface area contributed by atoms with Crippen molar-refractivity contribution in [2.45, 2.75) is 12.8 Å². The van der Waals surface area contributed by atoms with Crippen molar-refractivity contribution in [3.8, 4) is 11.5 Å². The summed E-state index contributed by atoms with van der Waals surface area (Å²) < 4.78 is 5.28. The van der Waals surface area contributed by atoms with E-state index in [-0.39, 0.29) is 18.4 Å². The van der Waals surface area contributed by atoms with Crippen LogP contribution in [0.15, 0.2) is 28.2 Å². The maximum absolute atomic E-state index is 12.1. The minimum atomic E-state index is -0.0704. The van der Waals surface area contributed by atoms with Gasteiger partial charge in [0.25, 0.3) is 0 Å². The number of rotatable bonds is 5. The van der Waals surface area contributed by atoms with Gasteiger partial charge in [-0.15, -0.1) is 11.3 Å². The van der Waals surface area contributed by atoms with Crippen molar-refractivity contribution in [1.82, 2.24) is 9.88 Å². The number of furan rings is 1. The number of nitrogens with one attached hydrogen (secondary N) is 1. The lowest BCUT2D eigenvalue weighted by molar-refractivity contribution is -0.117. The highest BCUT2D eigenvalue weighted by Crippen LogP contribution is 2.25. The third-order valence-corrected chi connectivity index (χ3v) is 4.51. The lowest BCUT2D eigenvalue weighted by Crippen LogP contribution is -2.41. The maximum atomic E-state index is 12.1. The third-order valence-electron chi connectivity index (χ3n) is 3.75. The van der Waals surface area contributed by atoms with E-state index in [9.17, 15) is 9.90 Å². The summed E-state index contributed by atoms with van der Waals surface area (Å²) in [5, 5.41) is 14.5. The number of anilines is 1. The molecule has 1 fully saturated rings. The summed E-state index contributed by atoms with van der Waals surface area (Å²) in [6.45, 7) is 2.21. The zero-order valence-electron chi connectivity index (χ0n) is 12.2. The molecule has 1 saturated heterocycles. The van der Waals surface area contributed by atoms with Gasteiger partial charge in [0.2, 0.25) is 5.91 Å². The van der Waals surface area contributed by atoms with Crippen LogP contribution in [0, 0.1) is 5.92 Å². The van der Waals surface area contributed by atoms with Crippen molar-refractivity contribution in [2.24, 2.45) is 5.92 Å². The average molecular weight is 321 g/mol. The molecule has 1 unspecified atom stereocenters. The Balaban J connectivity index is 1.53. The Kier molecular flexibility index (Phi) is 4.87. The van der Waals surface area contributed by atoms with E-state index in [4.69, 9.17) is 4.42 Å². The zero-order chi connectivity index (χ0) is 15.4. The summed E-state index contributed by atoms with van der Waals surface area (Å²) in [5.41, 5.74) is 0.726.